The van der Waals surface area contributed by atoms with Crippen LogP contribution in [0.5, 0.6) is 0 Å². The molecule has 64 heavy (non-hydrogen) atoms. The van der Waals surface area contributed by atoms with Gasteiger partial charge in [-0.15, -0.1) is 0 Å². The van der Waals surface area contributed by atoms with Gasteiger partial charge in [-0.05, 0) is 89.6 Å². The average molecular weight is 832 g/mol. The summed E-state index contributed by atoms with van der Waals surface area (Å²) in [5.74, 6) is 1.99. The van der Waals surface area contributed by atoms with Gasteiger partial charge in [-0.2, -0.15) is 0 Å². The molecular formula is C61H57N3. The predicted octanol–water partition coefficient (Wildman–Crippen LogP) is 15.8. The van der Waals surface area contributed by atoms with Crippen LogP contribution in [0.25, 0.3) is 50.6 Å². The second-order valence-electron chi connectivity index (χ2n) is 19.2. The second kappa shape index (κ2) is 17.6. The smallest absolute Gasteiger partial charge is 0.169 e. The summed E-state index contributed by atoms with van der Waals surface area (Å²) >= 11 is 0. The van der Waals surface area contributed by atoms with E-state index in [4.69, 9.17) is 9.98 Å². The van der Waals surface area contributed by atoms with Crippen LogP contribution in [0.2, 0.25) is 0 Å². The molecule has 1 aliphatic carbocycles. The Labute approximate surface area is 380 Å². The third-order valence-electron chi connectivity index (χ3n) is 12.7. The van der Waals surface area contributed by atoms with Gasteiger partial charge in [-0.1, -0.05) is 242 Å². The summed E-state index contributed by atoms with van der Waals surface area (Å²) in [6, 6.07) is 61.4. The van der Waals surface area contributed by atoms with E-state index in [1.165, 1.54) is 44.5 Å². The zero-order valence-corrected chi connectivity index (χ0v) is 37.9. The van der Waals surface area contributed by atoms with Crippen molar-refractivity contribution in [3.8, 4) is 44.5 Å². The number of aliphatic imine (C=N–C) groups is 2. The van der Waals surface area contributed by atoms with Crippen LogP contribution in [0.4, 0.5) is 0 Å². The molecule has 1 aliphatic heterocycles. The molecular weight excluding hydrogens is 775 g/mol. The molecule has 0 bridgehead atoms. The van der Waals surface area contributed by atoms with Gasteiger partial charge in [0.15, 0.2) is 6.17 Å². The van der Waals surface area contributed by atoms with Gasteiger partial charge >= 0.3 is 0 Å². The summed E-state index contributed by atoms with van der Waals surface area (Å²) < 4.78 is 0. The molecule has 2 unspecified atom stereocenters. The Hall–Kier alpha value is -7.10. The van der Waals surface area contributed by atoms with E-state index in [1.54, 1.807) is 0 Å². The zero-order chi connectivity index (χ0) is 44.4. The van der Waals surface area contributed by atoms with Gasteiger partial charge in [0, 0.05) is 17.0 Å². The molecule has 0 aromatic heterocycles. The molecule has 7 aromatic rings. The Morgan fingerprint density at radius 3 is 1.17 bits per heavy atom. The van der Waals surface area contributed by atoms with Gasteiger partial charge in [0.2, 0.25) is 0 Å². The number of allylic oxidation sites excluding steroid dienone is 4. The number of amidine groups is 2. The minimum absolute atomic E-state index is 0.134. The molecule has 0 spiro atoms. The third-order valence-corrected chi connectivity index (χ3v) is 12.7. The van der Waals surface area contributed by atoms with Gasteiger partial charge in [0.25, 0.3) is 0 Å². The van der Waals surface area contributed by atoms with E-state index in [2.05, 4.69) is 242 Å². The minimum Gasteiger partial charge on any atom is -0.324 e. The second-order valence-corrected chi connectivity index (χ2v) is 19.2. The molecule has 3 heteroatoms. The molecule has 1 heterocycles. The van der Waals surface area contributed by atoms with Crippen molar-refractivity contribution < 1.29 is 0 Å². The summed E-state index contributed by atoms with van der Waals surface area (Å²) in [6.07, 6.45) is 9.57. The molecule has 2 atom stereocenters. The Bertz CT molecular complexity index is 2880. The normalized spacial score (nSPS) is 16.3. The molecule has 0 fully saturated rings. The van der Waals surface area contributed by atoms with Crippen molar-refractivity contribution in [3.05, 3.63) is 234 Å². The monoisotopic (exact) mass is 831 g/mol. The van der Waals surface area contributed by atoms with Crippen LogP contribution >= 0.6 is 0 Å². The Morgan fingerprint density at radius 1 is 0.453 bits per heavy atom. The lowest BCUT2D eigenvalue weighted by Crippen LogP contribution is -2.36. The first-order valence-corrected chi connectivity index (χ1v) is 22.5. The molecule has 316 valence electrons. The maximum Gasteiger partial charge on any atom is 0.169 e. The highest BCUT2D eigenvalue weighted by atomic mass is 15.2. The summed E-state index contributed by atoms with van der Waals surface area (Å²) in [7, 11) is 0. The highest BCUT2D eigenvalue weighted by molar-refractivity contribution is 6.16. The van der Waals surface area contributed by atoms with Crippen LogP contribution in [0.1, 0.15) is 93.4 Å². The van der Waals surface area contributed by atoms with Gasteiger partial charge in [0.1, 0.15) is 11.7 Å². The van der Waals surface area contributed by atoms with Gasteiger partial charge in [0.05, 0.1) is 0 Å². The lowest BCUT2D eigenvalue weighted by molar-refractivity contribution is 0.510. The van der Waals surface area contributed by atoms with E-state index in [-0.39, 0.29) is 10.8 Å². The number of hydrogen-bond acceptors (Lipinski definition) is 3. The molecule has 1 N–H and O–H groups in total. The quantitative estimate of drug-likeness (QED) is 0.155. The predicted molar refractivity (Wildman–Crippen MR) is 273 cm³/mol. The van der Waals surface area contributed by atoms with E-state index >= 15 is 0 Å². The van der Waals surface area contributed by atoms with Crippen LogP contribution in [0, 0.1) is 5.41 Å². The summed E-state index contributed by atoms with van der Waals surface area (Å²) in [5, 5.41) is 3.62. The number of hydrogen-bond donors (Lipinski definition) is 1. The Balaban J connectivity index is 0.964. The standard InChI is InChI=1S/C61H57N3/c1-8-41-9-11-42(12-10-41)47-21-27-52(28-22-47)57-62-58(53-29-23-48(24-30-53)43-13-17-45(18-14-43)50-33-37-55(38-34-50)60(2,3)4)64-59(63-57)54-31-25-49(26-32-54)44-15-19-46(20-16-44)51-35-39-56(40-36-51)61(5,6)7/h8-35,37-40,51,59H,1,36H2,2-7H3,(H,62,63,64). The highest BCUT2D eigenvalue weighted by Crippen LogP contribution is 2.36. The number of nitrogens with zero attached hydrogens (tertiary/aromatic N) is 2. The first-order chi connectivity index (χ1) is 30.9. The van der Waals surface area contributed by atoms with Crippen molar-refractivity contribution in [3.63, 3.8) is 0 Å². The fourth-order valence-corrected chi connectivity index (χ4v) is 8.56. The number of rotatable bonds is 9. The first kappa shape index (κ1) is 42.2. The molecule has 0 saturated heterocycles. The van der Waals surface area contributed by atoms with Crippen molar-refractivity contribution in [2.45, 2.75) is 65.5 Å². The number of benzene rings is 7. The van der Waals surface area contributed by atoms with Crippen molar-refractivity contribution in [2.24, 2.45) is 15.4 Å². The maximum absolute atomic E-state index is 5.23. The first-order valence-electron chi connectivity index (χ1n) is 22.5. The molecule has 0 amide bonds. The summed E-state index contributed by atoms with van der Waals surface area (Å²) in [5.41, 5.74) is 18.0. The van der Waals surface area contributed by atoms with Crippen LogP contribution in [-0.2, 0) is 5.41 Å². The van der Waals surface area contributed by atoms with Gasteiger partial charge in [-0.3, -0.25) is 0 Å². The van der Waals surface area contributed by atoms with Crippen LogP contribution in [-0.4, -0.2) is 11.7 Å². The Morgan fingerprint density at radius 2 is 0.812 bits per heavy atom. The van der Waals surface area contributed by atoms with Gasteiger partial charge < -0.3 is 5.32 Å². The third kappa shape index (κ3) is 9.31. The van der Waals surface area contributed by atoms with Crippen molar-refractivity contribution >= 4 is 17.7 Å². The molecule has 0 saturated carbocycles. The fourth-order valence-electron chi connectivity index (χ4n) is 8.56. The van der Waals surface area contributed by atoms with E-state index in [9.17, 15) is 0 Å². The lowest BCUT2D eigenvalue weighted by Gasteiger charge is -2.25. The average Bonchev–Trinajstić information content (AvgIpc) is 3.34. The largest absolute Gasteiger partial charge is 0.324 e. The molecule has 2 aliphatic rings. The van der Waals surface area contributed by atoms with E-state index in [0.717, 1.165) is 57.0 Å². The van der Waals surface area contributed by atoms with Crippen molar-refractivity contribution in [1.82, 2.24) is 5.32 Å². The van der Waals surface area contributed by atoms with Crippen molar-refractivity contribution in [2.75, 3.05) is 0 Å². The van der Waals surface area contributed by atoms with Crippen molar-refractivity contribution in [1.29, 1.82) is 0 Å². The molecule has 0 radical (unpaired) electrons. The fraction of sp³-hybridized carbons (Fsp3) is 0.180. The van der Waals surface area contributed by atoms with E-state index in [0.29, 0.717) is 5.92 Å². The summed E-state index contributed by atoms with van der Waals surface area (Å²) in [6.45, 7) is 17.5. The zero-order valence-electron chi connectivity index (χ0n) is 37.9. The lowest BCUT2D eigenvalue weighted by atomic mass is 9.80. The van der Waals surface area contributed by atoms with Crippen LogP contribution in [0.15, 0.2) is 210 Å². The van der Waals surface area contributed by atoms with E-state index < -0.39 is 6.17 Å². The van der Waals surface area contributed by atoms with E-state index in [1.807, 2.05) is 6.08 Å². The van der Waals surface area contributed by atoms with Crippen LogP contribution in [0.3, 0.4) is 0 Å². The molecule has 9 rings (SSSR count). The Kier molecular flexibility index (Phi) is 11.6. The van der Waals surface area contributed by atoms with Gasteiger partial charge in [-0.25, -0.2) is 9.98 Å². The highest BCUT2D eigenvalue weighted by Gasteiger charge is 2.22. The minimum atomic E-state index is -0.414. The summed E-state index contributed by atoms with van der Waals surface area (Å²) in [4.78, 5) is 10.5. The number of nitrogens with one attached hydrogen (secondary N) is 1. The molecule has 7 aromatic carbocycles. The SMILES string of the molecule is C=Cc1ccc(-c2ccc(C3=NC(c4ccc(-c5ccc(C6C=CC(C(C)(C)C)=CC6)cc5)cc4)N=C(c4ccc(-c5ccc(-c6ccc(C(C)(C)C)cc6)cc5)cc4)N3)cc2)cc1. The van der Waals surface area contributed by atoms with Crippen LogP contribution < -0.4 is 5.32 Å². The topological polar surface area (TPSA) is 36.8 Å². The maximum atomic E-state index is 5.23. The molecule has 3 nitrogen and oxygen atoms in total.